The van der Waals surface area contributed by atoms with E-state index in [1.54, 1.807) is 0 Å². The van der Waals surface area contributed by atoms with Gasteiger partial charge in [-0.25, -0.2) is 9.59 Å². The van der Waals surface area contributed by atoms with Crippen LogP contribution in [0, 0.1) is 11.3 Å². The molecule has 7 heteroatoms. The number of nitrogens with zero attached hydrogens (tertiary/aromatic N) is 1. The third-order valence-corrected chi connectivity index (χ3v) is 10.3. The molecule has 0 saturated carbocycles. The lowest BCUT2D eigenvalue weighted by molar-refractivity contribution is -0.153. The molecule has 0 bridgehead atoms. The van der Waals surface area contributed by atoms with Gasteiger partial charge in [0.1, 0.15) is 5.54 Å². The fraction of sp³-hybridized carbons (Fsp3) is 0.882. The second-order valence-corrected chi connectivity index (χ2v) is 14.4. The molecule has 0 aromatic rings. The minimum Gasteiger partial charge on any atom is -0.479 e. The van der Waals surface area contributed by atoms with Crippen LogP contribution in [0.25, 0.3) is 0 Å². The number of rotatable bonds is 3. The Balaban J connectivity index is 3.40. The van der Waals surface area contributed by atoms with Gasteiger partial charge in [-0.15, -0.1) is 0 Å². The molecule has 0 spiro atoms. The zero-order chi connectivity index (χ0) is 19.3. The molecule has 3 atom stereocenters. The summed E-state index contributed by atoms with van der Waals surface area (Å²) in [7, 11) is -2.16. The molecule has 1 aliphatic heterocycles. The normalized spacial score (nSPS) is 29.0. The van der Waals surface area contributed by atoms with Crippen molar-refractivity contribution in [3.8, 4) is 0 Å². The van der Waals surface area contributed by atoms with Gasteiger partial charge in [-0.2, -0.15) is 0 Å². The third kappa shape index (κ3) is 3.47. The van der Waals surface area contributed by atoms with E-state index in [-0.39, 0.29) is 11.6 Å². The quantitative estimate of drug-likeness (QED) is 0.747. The molecule has 1 heterocycles. The smallest absolute Gasteiger partial charge is 0.408 e. The Labute approximate surface area is 146 Å². The standard InChI is InChI=1S/C17H33NO5Si/c1-15(2,3)12-11(23-24(8,9)16(4,5)6)10-18(14(21)22)17(12,7)13(19)20/h11-12H,10H2,1-9H3,(H,19,20)(H,21,22)/t11-,12?,17-/m0/s1. The predicted molar refractivity (Wildman–Crippen MR) is 95.8 cm³/mol. The molecule has 0 radical (unpaired) electrons. The molecule has 0 aromatic heterocycles. The van der Waals surface area contributed by atoms with Gasteiger partial charge >= 0.3 is 12.1 Å². The zero-order valence-corrected chi connectivity index (χ0v) is 17.4. The van der Waals surface area contributed by atoms with Crippen LogP contribution in [0.4, 0.5) is 4.79 Å². The van der Waals surface area contributed by atoms with E-state index >= 15 is 0 Å². The first-order valence-electron chi connectivity index (χ1n) is 8.38. The van der Waals surface area contributed by atoms with Crippen LogP contribution in [0.5, 0.6) is 0 Å². The Morgan fingerprint density at radius 2 is 1.58 bits per heavy atom. The fourth-order valence-electron chi connectivity index (χ4n) is 3.59. The van der Waals surface area contributed by atoms with Gasteiger partial charge < -0.3 is 14.6 Å². The summed E-state index contributed by atoms with van der Waals surface area (Å²) in [5.41, 5.74) is -1.92. The summed E-state index contributed by atoms with van der Waals surface area (Å²) in [5.74, 6) is -1.56. The van der Waals surface area contributed by atoms with E-state index in [1.807, 2.05) is 20.8 Å². The molecular formula is C17H33NO5Si. The Hall–Kier alpha value is -1.08. The molecule has 6 nitrogen and oxygen atoms in total. The van der Waals surface area contributed by atoms with E-state index in [1.165, 1.54) is 6.92 Å². The van der Waals surface area contributed by atoms with Crippen LogP contribution in [-0.2, 0) is 9.22 Å². The van der Waals surface area contributed by atoms with E-state index in [9.17, 15) is 19.8 Å². The molecule has 140 valence electrons. The average Bonchev–Trinajstić information content (AvgIpc) is 2.60. The Kier molecular flexibility index (Phi) is 5.26. The maximum atomic E-state index is 12.1. The first-order chi connectivity index (χ1) is 10.5. The summed E-state index contributed by atoms with van der Waals surface area (Å²) < 4.78 is 6.50. The van der Waals surface area contributed by atoms with Crippen LogP contribution in [0.1, 0.15) is 48.5 Å². The largest absolute Gasteiger partial charge is 0.479 e. The molecule has 2 N–H and O–H groups in total. The number of aliphatic carboxylic acids is 1. The van der Waals surface area contributed by atoms with E-state index < -0.39 is 43.4 Å². The van der Waals surface area contributed by atoms with Crippen molar-refractivity contribution in [1.82, 2.24) is 4.90 Å². The highest BCUT2D eigenvalue weighted by molar-refractivity contribution is 6.74. The molecular weight excluding hydrogens is 326 g/mol. The number of amides is 1. The molecule has 1 saturated heterocycles. The molecule has 1 fully saturated rings. The van der Waals surface area contributed by atoms with Crippen LogP contribution in [-0.4, -0.2) is 53.7 Å². The van der Waals surface area contributed by atoms with E-state index in [4.69, 9.17) is 4.43 Å². The lowest BCUT2D eigenvalue weighted by Gasteiger charge is -2.44. The molecule has 0 aromatic carbocycles. The lowest BCUT2D eigenvalue weighted by Crippen LogP contribution is -2.57. The van der Waals surface area contributed by atoms with Gasteiger partial charge in [0.05, 0.1) is 12.6 Å². The van der Waals surface area contributed by atoms with Gasteiger partial charge in [-0.1, -0.05) is 41.5 Å². The Bertz CT molecular complexity index is 520. The molecule has 0 aliphatic carbocycles. The number of hydrogen-bond donors (Lipinski definition) is 2. The highest BCUT2D eigenvalue weighted by atomic mass is 28.4. The number of hydrogen-bond acceptors (Lipinski definition) is 3. The number of carboxylic acids is 1. The highest BCUT2D eigenvalue weighted by Gasteiger charge is 2.62. The van der Waals surface area contributed by atoms with E-state index in [0.29, 0.717) is 0 Å². The third-order valence-electron chi connectivity index (χ3n) is 5.75. The maximum absolute atomic E-state index is 12.1. The molecule has 1 amide bonds. The van der Waals surface area contributed by atoms with E-state index in [2.05, 4.69) is 33.9 Å². The number of likely N-dealkylation sites (tertiary alicyclic amines) is 1. The topological polar surface area (TPSA) is 87.1 Å². The van der Waals surface area contributed by atoms with Crippen molar-refractivity contribution in [1.29, 1.82) is 0 Å². The van der Waals surface area contributed by atoms with E-state index in [0.717, 1.165) is 4.90 Å². The van der Waals surface area contributed by atoms with Crippen LogP contribution >= 0.6 is 0 Å². The molecule has 24 heavy (non-hydrogen) atoms. The zero-order valence-electron chi connectivity index (χ0n) is 16.4. The van der Waals surface area contributed by atoms with Crippen molar-refractivity contribution in [2.45, 2.75) is 78.2 Å². The van der Waals surface area contributed by atoms with Crippen LogP contribution in [0.3, 0.4) is 0 Å². The van der Waals surface area contributed by atoms with Crippen molar-refractivity contribution in [3.05, 3.63) is 0 Å². The predicted octanol–water partition coefficient (Wildman–Crippen LogP) is 3.88. The summed E-state index contributed by atoms with van der Waals surface area (Å²) in [6.07, 6.45) is -1.64. The van der Waals surface area contributed by atoms with Crippen molar-refractivity contribution in [2.75, 3.05) is 6.54 Å². The second-order valence-electron chi connectivity index (χ2n) is 9.61. The minimum absolute atomic E-state index is 0.0360. The van der Waals surface area contributed by atoms with Gasteiger partial charge in [-0.3, -0.25) is 4.90 Å². The minimum atomic E-state index is -2.16. The van der Waals surface area contributed by atoms with Crippen molar-refractivity contribution >= 4 is 20.4 Å². The lowest BCUT2D eigenvalue weighted by atomic mass is 9.69. The molecule has 1 unspecified atom stereocenters. The molecule has 1 aliphatic rings. The highest BCUT2D eigenvalue weighted by Crippen LogP contribution is 2.49. The SMILES string of the molecule is CC(C)(C)C1[C@@H](O[Si](C)(C)C(C)(C)C)CN(C(=O)O)[C@]1(C)C(=O)O. The fourth-order valence-corrected chi connectivity index (χ4v) is 4.91. The van der Waals surface area contributed by atoms with Gasteiger partial charge in [-0.05, 0) is 30.5 Å². The van der Waals surface area contributed by atoms with Crippen LogP contribution < -0.4 is 0 Å². The van der Waals surface area contributed by atoms with Gasteiger partial charge in [0, 0.05) is 5.92 Å². The van der Waals surface area contributed by atoms with Gasteiger partial charge in [0.25, 0.3) is 0 Å². The van der Waals surface area contributed by atoms with Crippen molar-refractivity contribution in [3.63, 3.8) is 0 Å². The molecule has 1 rings (SSSR count). The van der Waals surface area contributed by atoms with Crippen LogP contribution in [0.2, 0.25) is 18.1 Å². The Morgan fingerprint density at radius 3 is 1.88 bits per heavy atom. The van der Waals surface area contributed by atoms with Gasteiger partial charge in [0.15, 0.2) is 8.32 Å². The van der Waals surface area contributed by atoms with Crippen LogP contribution in [0.15, 0.2) is 0 Å². The number of carbonyl (C=O) groups is 2. The summed E-state index contributed by atoms with van der Waals surface area (Å²) in [6.45, 7) is 18.0. The monoisotopic (exact) mass is 359 g/mol. The summed E-state index contributed by atoms with van der Waals surface area (Å²) in [4.78, 5) is 24.8. The second kappa shape index (κ2) is 6.02. The summed E-state index contributed by atoms with van der Waals surface area (Å²) in [6, 6.07) is 0. The summed E-state index contributed by atoms with van der Waals surface area (Å²) >= 11 is 0. The average molecular weight is 360 g/mol. The summed E-state index contributed by atoms with van der Waals surface area (Å²) in [5, 5.41) is 19.4. The maximum Gasteiger partial charge on any atom is 0.408 e. The van der Waals surface area contributed by atoms with Crippen molar-refractivity contribution in [2.24, 2.45) is 11.3 Å². The Morgan fingerprint density at radius 1 is 1.12 bits per heavy atom. The number of carboxylic acid groups (broad SMARTS) is 2. The van der Waals surface area contributed by atoms with Gasteiger partial charge in [0.2, 0.25) is 0 Å². The first-order valence-corrected chi connectivity index (χ1v) is 11.3. The first kappa shape index (κ1) is 21.0. The van der Waals surface area contributed by atoms with Crippen molar-refractivity contribution < 1.29 is 24.2 Å².